The number of benzene rings is 2. The van der Waals surface area contributed by atoms with Crippen molar-refractivity contribution >= 4 is 23.9 Å². The van der Waals surface area contributed by atoms with Crippen LogP contribution in [-0.2, 0) is 9.47 Å². The smallest absolute Gasteiger partial charge is 0.338 e. The van der Waals surface area contributed by atoms with Gasteiger partial charge < -0.3 is 19.7 Å². The number of carboxylic acid groups (broad SMARTS) is 2. The zero-order valence-electron chi connectivity index (χ0n) is 15.9. The summed E-state index contributed by atoms with van der Waals surface area (Å²) in [6.07, 6.45) is 0. The van der Waals surface area contributed by atoms with Crippen molar-refractivity contribution in [1.82, 2.24) is 0 Å². The molecule has 0 saturated carbocycles. The number of carbonyl (C=O) groups excluding carboxylic acids is 2. The number of aromatic carboxylic acids is 2. The van der Waals surface area contributed by atoms with Crippen LogP contribution in [0.5, 0.6) is 0 Å². The van der Waals surface area contributed by atoms with E-state index < -0.39 is 29.3 Å². The first-order valence-corrected chi connectivity index (χ1v) is 8.60. The van der Waals surface area contributed by atoms with Crippen molar-refractivity contribution in [3.05, 3.63) is 70.8 Å². The second-order valence-electron chi connectivity index (χ2n) is 7.09. The molecule has 0 heterocycles. The minimum Gasteiger partial charge on any atom is -0.478 e. The second-order valence-corrected chi connectivity index (χ2v) is 7.09. The molecule has 8 nitrogen and oxygen atoms in total. The Balaban J connectivity index is 1.93. The molecular weight excluding hydrogens is 380 g/mol. The van der Waals surface area contributed by atoms with Crippen molar-refractivity contribution in [2.45, 2.75) is 13.8 Å². The summed E-state index contributed by atoms with van der Waals surface area (Å²) < 4.78 is 10.4. The fourth-order valence-corrected chi connectivity index (χ4v) is 2.29. The summed E-state index contributed by atoms with van der Waals surface area (Å²) in [5, 5.41) is 18.0. The van der Waals surface area contributed by atoms with E-state index in [-0.39, 0.29) is 35.5 Å². The lowest BCUT2D eigenvalue weighted by atomic mass is 9.96. The van der Waals surface area contributed by atoms with Crippen molar-refractivity contribution in [3.8, 4) is 0 Å². The van der Waals surface area contributed by atoms with Crippen molar-refractivity contribution in [3.63, 3.8) is 0 Å². The molecule has 0 atom stereocenters. The SMILES string of the molecule is CC(C)(COC(=O)c1cccc(C(=O)O)c1)COC(=O)c1cccc(C(=O)O)c1. The Hall–Kier alpha value is -3.68. The van der Waals surface area contributed by atoms with Crippen LogP contribution in [0.25, 0.3) is 0 Å². The first-order chi connectivity index (χ1) is 13.6. The van der Waals surface area contributed by atoms with Crippen LogP contribution in [0.15, 0.2) is 48.5 Å². The minimum absolute atomic E-state index is 0.0313. The Bertz CT molecular complexity index is 870. The van der Waals surface area contributed by atoms with Crippen LogP contribution < -0.4 is 0 Å². The molecule has 0 aromatic heterocycles. The quantitative estimate of drug-likeness (QED) is 0.647. The summed E-state index contributed by atoms with van der Waals surface area (Å²) >= 11 is 0. The van der Waals surface area contributed by atoms with Gasteiger partial charge in [-0.2, -0.15) is 0 Å². The van der Waals surface area contributed by atoms with E-state index in [9.17, 15) is 19.2 Å². The average Bonchev–Trinajstić information content (AvgIpc) is 2.70. The van der Waals surface area contributed by atoms with E-state index in [4.69, 9.17) is 19.7 Å². The molecule has 2 rings (SSSR count). The maximum absolute atomic E-state index is 12.1. The van der Waals surface area contributed by atoms with Gasteiger partial charge in [0.05, 0.1) is 35.5 Å². The fraction of sp³-hybridized carbons (Fsp3) is 0.238. The lowest BCUT2D eigenvalue weighted by Gasteiger charge is -2.23. The molecule has 0 fully saturated rings. The predicted molar refractivity (Wildman–Crippen MR) is 101 cm³/mol. The lowest BCUT2D eigenvalue weighted by molar-refractivity contribution is 0.00615. The number of hydrogen-bond donors (Lipinski definition) is 2. The van der Waals surface area contributed by atoms with Gasteiger partial charge in [0.2, 0.25) is 0 Å². The van der Waals surface area contributed by atoms with Gasteiger partial charge in [0.1, 0.15) is 0 Å². The number of rotatable bonds is 8. The van der Waals surface area contributed by atoms with Crippen molar-refractivity contribution in [2.75, 3.05) is 13.2 Å². The van der Waals surface area contributed by atoms with E-state index in [1.54, 1.807) is 13.8 Å². The van der Waals surface area contributed by atoms with Crippen LogP contribution in [0.1, 0.15) is 55.3 Å². The zero-order chi connectivity index (χ0) is 21.6. The Kier molecular flexibility index (Phi) is 6.71. The molecule has 0 saturated heterocycles. The molecule has 152 valence electrons. The van der Waals surface area contributed by atoms with Gasteiger partial charge in [0.15, 0.2) is 0 Å². The van der Waals surface area contributed by atoms with E-state index in [1.165, 1.54) is 48.5 Å². The molecule has 29 heavy (non-hydrogen) atoms. The highest BCUT2D eigenvalue weighted by Gasteiger charge is 2.24. The van der Waals surface area contributed by atoms with Gasteiger partial charge in [-0.15, -0.1) is 0 Å². The largest absolute Gasteiger partial charge is 0.478 e. The Morgan fingerprint density at radius 2 is 1.07 bits per heavy atom. The van der Waals surface area contributed by atoms with E-state index in [1.807, 2.05) is 0 Å². The first-order valence-electron chi connectivity index (χ1n) is 8.60. The maximum atomic E-state index is 12.1. The molecule has 2 N–H and O–H groups in total. The van der Waals surface area contributed by atoms with Crippen LogP contribution >= 0.6 is 0 Å². The van der Waals surface area contributed by atoms with E-state index in [2.05, 4.69) is 0 Å². The third-order valence-electron chi connectivity index (χ3n) is 3.88. The first kappa shape index (κ1) is 21.6. The molecule has 0 aliphatic rings. The highest BCUT2D eigenvalue weighted by atomic mass is 16.5. The third kappa shape index (κ3) is 6.17. The molecule has 0 radical (unpaired) electrons. The van der Waals surface area contributed by atoms with Crippen molar-refractivity contribution in [2.24, 2.45) is 5.41 Å². The Morgan fingerprint density at radius 1 is 0.724 bits per heavy atom. The normalized spacial score (nSPS) is 10.8. The number of carboxylic acids is 2. The topological polar surface area (TPSA) is 127 Å². The standard InChI is InChI=1S/C21H20O8/c1-21(2,11-28-19(26)15-7-3-5-13(9-15)17(22)23)12-29-20(27)16-8-4-6-14(10-16)18(24)25/h3-10H,11-12H2,1-2H3,(H,22,23)(H,24,25). The monoisotopic (exact) mass is 400 g/mol. The van der Waals surface area contributed by atoms with Crippen molar-refractivity contribution < 1.29 is 38.9 Å². The van der Waals surface area contributed by atoms with Crippen LogP contribution in [-0.4, -0.2) is 47.3 Å². The van der Waals surface area contributed by atoms with Gasteiger partial charge in [-0.05, 0) is 36.4 Å². The Morgan fingerprint density at radius 3 is 1.41 bits per heavy atom. The molecule has 0 aliphatic carbocycles. The number of hydrogen-bond acceptors (Lipinski definition) is 6. The Labute approximate surface area is 166 Å². The van der Waals surface area contributed by atoms with Crippen LogP contribution in [0.3, 0.4) is 0 Å². The second kappa shape index (κ2) is 9.01. The van der Waals surface area contributed by atoms with Gasteiger partial charge in [0, 0.05) is 5.41 Å². The summed E-state index contributed by atoms with van der Waals surface area (Å²) in [7, 11) is 0. The minimum atomic E-state index is -1.15. The molecule has 0 spiro atoms. The van der Waals surface area contributed by atoms with Crippen LogP contribution in [0.2, 0.25) is 0 Å². The van der Waals surface area contributed by atoms with E-state index in [0.29, 0.717) is 0 Å². The van der Waals surface area contributed by atoms with E-state index in [0.717, 1.165) is 0 Å². The van der Waals surface area contributed by atoms with Gasteiger partial charge in [-0.1, -0.05) is 26.0 Å². The highest BCUT2D eigenvalue weighted by Crippen LogP contribution is 2.19. The zero-order valence-corrected chi connectivity index (χ0v) is 15.9. The number of ether oxygens (including phenoxy) is 2. The third-order valence-corrected chi connectivity index (χ3v) is 3.88. The summed E-state index contributed by atoms with van der Waals surface area (Å²) in [4.78, 5) is 46.3. The maximum Gasteiger partial charge on any atom is 0.338 e. The fourth-order valence-electron chi connectivity index (χ4n) is 2.29. The number of esters is 2. The summed E-state index contributed by atoms with van der Waals surface area (Å²) in [6, 6.07) is 10.9. The summed E-state index contributed by atoms with van der Waals surface area (Å²) in [5.41, 5.74) is -0.584. The van der Waals surface area contributed by atoms with Gasteiger partial charge in [0.25, 0.3) is 0 Å². The molecular formula is C21H20O8. The van der Waals surface area contributed by atoms with Gasteiger partial charge >= 0.3 is 23.9 Å². The van der Waals surface area contributed by atoms with Crippen molar-refractivity contribution in [1.29, 1.82) is 0 Å². The molecule has 2 aromatic rings. The number of carbonyl (C=O) groups is 4. The van der Waals surface area contributed by atoms with Gasteiger partial charge in [-0.25, -0.2) is 19.2 Å². The molecule has 0 unspecified atom stereocenters. The summed E-state index contributed by atoms with van der Waals surface area (Å²) in [6.45, 7) is 3.28. The van der Waals surface area contributed by atoms with Gasteiger partial charge in [-0.3, -0.25) is 0 Å². The highest BCUT2D eigenvalue weighted by molar-refractivity contribution is 5.95. The molecule has 0 bridgehead atoms. The molecule has 0 aliphatic heterocycles. The van der Waals surface area contributed by atoms with Crippen LogP contribution in [0.4, 0.5) is 0 Å². The molecule has 8 heteroatoms. The predicted octanol–water partition coefficient (Wildman–Crippen LogP) is 3.12. The van der Waals surface area contributed by atoms with Crippen LogP contribution in [0, 0.1) is 5.41 Å². The molecule has 2 aromatic carbocycles. The van der Waals surface area contributed by atoms with E-state index >= 15 is 0 Å². The molecule has 0 amide bonds. The lowest BCUT2D eigenvalue weighted by Crippen LogP contribution is -2.28. The summed E-state index contributed by atoms with van der Waals surface area (Å²) in [5.74, 6) is -3.69. The average molecular weight is 400 g/mol.